The number of rotatable bonds is 5. The molecular weight excluding hydrogens is 281 g/mol. The number of carboxylic acids is 1. The van der Waals surface area contributed by atoms with Crippen molar-refractivity contribution in [3.63, 3.8) is 0 Å². The lowest BCUT2D eigenvalue weighted by atomic mass is 10.1. The summed E-state index contributed by atoms with van der Waals surface area (Å²) in [7, 11) is 0.929. The Bertz CT molecular complexity index is 461. The van der Waals surface area contributed by atoms with E-state index >= 15 is 0 Å². The normalized spacial score (nSPS) is 12.8. The van der Waals surface area contributed by atoms with Crippen LogP contribution in [0, 0.1) is 0 Å². The van der Waals surface area contributed by atoms with Crippen LogP contribution >= 0.6 is 0 Å². The monoisotopic (exact) mass is 294 g/mol. The number of aromatic nitrogens is 2. The number of nitrogens with zero attached hydrogens (tertiary/aromatic N) is 2. The van der Waals surface area contributed by atoms with E-state index < -0.39 is 30.8 Å². The minimum absolute atomic E-state index is 0.110. The molecule has 1 aromatic heterocycles. The van der Waals surface area contributed by atoms with Crippen LogP contribution in [0.3, 0.4) is 0 Å². The fourth-order valence-corrected chi connectivity index (χ4v) is 1.42. The highest BCUT2D eigenvalue weighted by atomic mass is 19.4. The van der Waals surface area contributed by atoms with Gasteiger partial charge in [-0.25, -0.2) is 14.6 Å². The van der Waals surface area contributed by atoms with E-state index in [9.17, 15) is 22.8 Å². The Kier molecular flexibility index (Phi) is 4.94. The van der Waals surface area contributed by atoms with Gasteiger partial charge in [-0.05, 0) is 0 Å². The van der Waals surface area contributed by atoms with E-state index in [1.54, 1.807) is 0 Å². The number of halogens is 3. The predicted octanol–water partition coefficient (Wildman–Crippen LogP) is 0.609. The minimum atomic E-state index is -4.55. The number of aromatic amines is 1. The molecule has 0 bridgehead atoms. The fourth-order valence-electron chi connectivity index (χ4n) is 1.42. The standard InChI is InChI=1S/C10H13F3N4O3/c1-17(4-10(11,12)13)9(20)16-7(8(18)19)2-6-3-14-5-15-6/h3,5,7H,2,4H2,1H3,(H,14,15)(H,16,20)(H,18,19). The van der Waals surface area contributed by atoms with Gasteiger partial charge in [0.1, 0.15) is 12.6 Å². The molecule has 0 radical (unpaired) electrons. The molecule has 1 aromatic rings. The molecule has 3 N–H and O–H groups in total. The quantitative estimate of drug-likeness (QED) is 0.741. The molecule has 0 aliphatic rings. The molecule has 0 saturated carbocycles. The molecule has 2 amide bonds. The van der Waals surface area contributed by atoms with E-state index in [2.05, 4.69) is 9.97 Å². The van der Waals surface area contributed by atoms with Crippen LogP contribution in [-0.4, -0.2) is 57.8 Å². The molecule has 0 aromatic carbocycles. The first kappa shape index (κ1) is 15.8. The van der Waals surface area contributed by atoms with Crippen molar-refractivity contribution in [2.24, 2.45) is 0 Å². The maximum atomic E-state index is 12.1. The third-order valence-electron chi connectivity index (χ3n) is 2.34. The van der Waals surface area contributed by atoms with Gasteiger partial charge >= 0.3 is 18.2 Å². The Labute approximate surface area is 111 Å². The van der Waals surface area contributed by atoms with E-state index in [0.717, 1.165) is 7.05 Å². The topological polar surface area (TPSA) is 98.3 Å². The lowest BCUT2D eigenvalue weighted by Crippen LogP contribution is -2.49. The molecule has 112 valence electrons. The number of nitrogens with one attached hydrogen (secondary N) is 2. The molecule has 0 spiro atoms. The Morgan fingerprint density at radius 3 is 2.65 bits per heavy atom. The predicted molar refractivity (Wildman–Crippen MR) is 60.9 cm³/mol. The van der Waals surface area contributed by atoms with Gasteiger partial charge in [0.15, 0.2) is 0 Å². The van der Waals surface area contributed by atoms with Crippen molar-refractivity contribution < 1.29 is 27.9 Å². The van der Waals surface area contributed by atoms with Crippen molar-refractivity contribution in [3.8, 4) is 0 Å². The number of hydrogen-bond acceptors (Lipinski definition) is 3. The minimum Gasteiger partial charge on any atom is -0.480 e. The average molecular weight is 294 g/mol. The Morgan fingerprint density at radius 1 is 1.55 bits per heavy atom. The lowest BCUT2D eigenvalue weighted by molar-refractivity contribution is -0.139. The largest absolute Gasteiger partial charge is 0.480 e. The zero-order chi connectivity index (χ0) is 15.3. The van der Waals surface area contributed by atoms with Gasteiger partial charge < -0.3 is 20.3 Å². The number of H-pyrrole nitrogens is 1. The van der Waals surface area contributed by atoms with Gasteiger partial charge in [0.25, 0.3) is 0 Å². The average Bonchev–Trinajstić information content (AvgIpc) is 2.78. The van der Waals surface area contributed by atoms with E-state index in [-0.39, 0.29) is 6.42 Å². The van der Waals surface area contributed by atoms with E-state index in [1.807, 2.05) is 5.32 Å². The molecule has 0 aliphatic carbocycles. The van der Waals surface area contributed by atoms with Crippen molar-refractivity contribution in [3.05, 3.63) is 18.2 Å². The summed E-state index contributed by atoms with van der Waals surface area (Å²) in [6.45, 7) is -1.46. The van der Waals surface area contributed by atoms with Crippen molar-refractivity contribution in [1.82, 2.24) is 20.2 Å². The number of urea groups is 1. The summed E-state index contributed by atoms with van der Waals surface area (Å²) in [5.41, 5.74) is 0.441. The van der Waals surface area contributed by atoms with Crippen LogP contribution in [0.4, 0.5) is 18.0 Å². The Morgan fingerprint density at radius 2 is 2.20 bits per heavy atom. The van der Waals surface area contributed by atoms with Gasteiger partial charge in [-0.1, -0.05) is 0 Å². The molecular formula is C10H13F3N4O3. The first-order valence-corrected chi connectivity index (χ1v) is 5.47. The van der Waals surface area contributed by atoms with Crippen molar-refractivity contribution in [2.75, 3.05) is 13.6 Å². The number of alkyl halides is 3. The summed E-state index contributed by atoms with van der Waals surface area (Å²) in [5.74, 6) is -1.35. The van der Waals surface area contributed by atoms with E-state index in [1.165, 1.54) is 12.5 Å². The highest BCUT2D eigenvalue weighted by molar-refractivity contribution is 5.82. The number of carbonyl (C=O) groups is 2. The number of amides is 2. The molecule has 1 unspecified atom stereocenters. The fraction of sp³-hybridized carbons (Fsp3) is 0.500. The molecule has 0 aliphatic heterocycles. The van der Waals surface area contributed by atoms with Crippen molar-refractivity contribution >= 4 is 12.0 Å². The Balaban J connectivity index is 2.61. The van der Waals surface area contributed by atoms with Gasteiger partial charge in [0.2, 0.25) is 0 Å². The smallest absolute Gasteiger partial charge is 0.406 e. The van der Waals surface area contributed by atoms with Crippen LogP contribution in [0.15, 0.2) is 12.5 Å². The third kappa shape index (κ3) is 5.16. The summed E-state index contributed by atoms with van der Waals surface area (Å²) >= 11 is 0. The summed E-state index contributed by atoms with van der Waals surface area (Å²) < 4.78 is 36.3. The van der Waals surface area contributed by atoms with Crippen molar-refractivity contribution in [1.29, 1.82) is 0 Å². The van der Waals surface area contributed by atoms with Crippen LogP contribution in [0.1, 0.15) is 5.69 Å². The van der Waals surface area contributed by atoms with Crippen molar-refractivity contribution in [2.45, 2.75) is 18.6 Å². The van der Waals surface area contributed by atoms with Crippen LogP contribution in [0.2, 0.25) is 0 Å². The molecule has 20 heavy (non-hydrogen) atoms. The maximum absolute atomic E-state index is 12.1. The number of hydrogen-bond donors (Lipinski definition) is 3. The number of carbonyl (C=O) groups excluding carboxylic acids is 1. The Hall–Kier alpha value is -2.26. The summed E-state index contributed by atoms with van der Waals surface area (Å²) in [5, 5.41) is 11.0. The third-order valence-corrected chi connectivity index (χ3v) is 2.34. The molecule has 7 nitrogen and oxygen atoms in total. The van der Waals surface area contributed by atoms with Crippen LogP contribution < -0.4 is 5.32 Å². The zero-order valence-corrected chi connectivity index (χ0v) is 10.4. The highest BCUT2D eigenvalue weighted by Crippen LogP contribution is 2.15. The van der Waals surface area contributed by atoms with E-state index in [0.29, 0.717) is 10.6 Å². The molecule has 0 fully saturated rings. The van der Waals surface area contributed by atoms with Gasteiger partial charge in [0.05, 0.1) is 6.33 Å². The number of imidazole rings is 1. The van der Waals surface area contributed by atoms with Crippen LogP contribution in [-0.2, 0) is 11.2 Å². The maximum Gasteiger partial charge on any atom is 0.406 e. The lowest BCUT2D eigenvalue weighted by Gasteiger charge is -2.22. The SMILES string of the molecule is CN(CC(F)(F)F)C(=O)NC(Cc1cnc[nH]1)C(=O)O. The van der Waals surface area contributed by atoms with Gasteiger partial charge in [0, 0.05) is 25.4 Å². The van der Waals surface area contributed by atoms with E-state index in [4.69, 9.17) is 5.11 Å². The number of carboxylic acid groups (broad SMARTS) is 1. The van der Waals surface area contributed by atoms with Gasteiger partial charge in [-0.15, -0.1) is 0 Å². The van der Waals surface area contributed by atoms with Crippen LogP contribution in [0.25, 0.3) is 0 Å². The molecule has 1 rings (SSSR count). The van der Waals surface area contributed by atoms with Gasteiger partial charge in [-0.3, -0.25) is 0 Å². The summed E-state index contributed by atoms with van der Waals surface area (Å²) in [6, 6.07) is -2.46. The summed E-state index contributed by atoms with van der Waals surface area (Å²) in [4.78, 5) is 29.2. The zero-order valence-electron chi connectivity index (χ0n) is 10.4. The second-order valence-electron chi connectivity index (χ2n) is 4.09. The first-order valence-electron chi connectivity index (χ1n) is 5.47. The number of aliphatic carboxylic acids is 1. The second kappa shape index (κ2) is 6.26. The van der Waals surface area contributed by atoms with Gasteiger partial charge in [-0.2, -0.15) is 13.2 Å². The highest BCUT2D eigenvalue weighted by Gasteiger charge is 2.32. The molecule has 1 heterocycles. The van der Waals surface area contributed by atoms with Crippen LogP contribution in [0.5, 0.6) is 0 Å². The molecule has 10 heteroatoms. The second-order valence-corrected chi connectivity index (χ2v) is 4.09. The first-order chi connectivity index (χ1) is 9.19. The molecule has 1 atom stereocenters. The summed E-state index contributed by atoms with van der Waals surface area (Å²) in [6.07, 6.45) is -1.97. The molecule has 0 saturated heterocycles.